The van der Waals surface area contributed by atoms with Crippen molar-refractivity contribution in [2.75, 3.05) is 39.3 Å². The number of aromatic nitrogens is 2. The Bertz CT molecular complexity index is 930. The maximum atomic E-state index is 12.0. The van der Waals surface area contributed by atoms with Gasteiger partial charge in [0.15, 0.2) is 0 Å². The van der Waals surface area contributed by atoms with E-state index in [-0.39, 0.29) is 18.0 Å². The largest absolute Gasteiger partial charge is 0.355 e. The third-order valence-corrected chi connectivity index (χ3v) is 5.51. The summed E-state index contributed by atoms with van der Waals surface area (Å²) in [5.41, 5.74) is 0.503. The predicted octanol–water partition coefficient (Wildman–Crippen LogP) is 0.261. The second kappa shape index (κ2) is 10.9. The van der Waals surface area contributed by atoms with Gasteiger partial charge in [-0.25, -0.2) is 4.79 Å². The smallest absolute Gasteiger partial charge is 0.331 e. The highest BCUT2D eigenvalue weighted by Gasteiger charge is 2.16. The van der Waals surface area contributed by atoms with Crippen LogP contribution in [0.5, 0.6) is 0 Å². The molecule has 2 heterocycles. The number of benzene rings is 1. The molecule has 1 amide bonds. The van der Waals surface area contributed by atoms with Crippen molar-refractivity contribution in [3.8, 4) is 0 Å². The lowest BCUT2D eigenvalue weighted by molar-refractivity contribution is -0.121. The lowest BCUT2D eigenvalue weighted by atomic mass is 10.2. The highest BCUT2D eigenvalue weighted by atomic mass is 16.2. The first-order valence-corrected chi connectivity index (χ1v) is 10.5. The average molecular weight is 414 g/mol. The van der Waals surface area contributed by atoms with Crippen LogP contribution in [0.15, 0.2) is 52.2 Å². The number of nitrogens with one attached hydrogen (secondary N) is 1. The number of carbonyl (C=O) groups excluding carboxylic acids is 1. The molecular formula is C22H31N5O3. The first-order chi connectivity index (χ1) is 14.5. The highest BCUT2D eigenvalue weighted by molar-refractivity contribution is 5.75. The number of carbonyl (C=O) groups is 1. The summed E-state index contributed by atoms with van der Waals surface area (Å²) >= 11 is 0. The Morgan fingerprint density at radius 1 is 0.967 bits per heavy atom. The van der Waals surface area contributed by atoms with E-state index in [9.17, 15) is 14.4 Å². The van der Waals surface area contributed by atoms with Crippen molar-refractivity contribution < 1.29 is 4.79 Å². The number of nitrogens with zero attached hydrogens (tertiary/aromatic N) is 4. The minimum Gasteiger partial charge on any atom is -0.355 e. The number of unbranched alkanes of at least 4 members (excludes halogenated alkanes) is 1. The topological polar surface area (TPSA) is 79.6 Å². The van der Waals surface area contributed by atoms with Gasteiger partial charge in [-0.15, -0.1) is 0 Å². The fraction of sp³-hybridized carbons (Fsp3) is 0.500. The molecule has 0 spiro atoms. The van der Waals surface area contributed by atoms with Crippen LogP contribution in [0.3, 0.4) is 0 Å². The van der Waals surface area contributed by atoms with Crippen molar-refractivity contribution in [3.63, 3.8) is 0 Å². The van der Waals surface area contributed by atoms with E-state index >= 15 is 0 Å². The van der Waals surface area contributed by atoms with Gasteiger partial charge in [-0.2, -0.15) is 0 Å². The van der Waals surface area contributed by atoms with Gasteiger partial charge in [-0.3, -0.25) is 23.6 Å². The van der Waals surface area contributed by atoms with E-state index in [0.717, 1.165) is 56.7 Å². The van der Waals surface area contributed by atoms with Gasteiger partial charge in [0.2, 0.25) is 5.91 Å². The summed E-state index contributed by atoms with van der Waals surface area (Å²) in [7, 11) is 1.40. The lowest BCUT2D eigenvalue weighted by Gasteiger charge is -2.34. The number of rotatable bonds is 9. The molecule has 0 bridgehead atoms. The van der Waals surface area contributed by atoms with Crippen LogP contribution in [0.1, 0.15) is 18.4 Å². The summed E-state index contributed by atoms with van der Waals surface area (Å²) in [6, 6.07) is 11.9. The highest BCUT2D eigenvalue weighted by Crippen LogP contribution is 2.08. The Labute approximate surface area is 176 Å². The van der Waals surface area contributed by atoms with Gasteiger partial charge in [0, 0.05) is 58.6 Å². The van der Waals surface area contributed by atoms with Crippen molar-refractivity contribution >= 4 is 5.91 Å². The molecule has 0 atom stereocenters. The molecule has 30 heavy (non-hydrogen) atoms. The maximum absolute atomic E-state index is 12.0. The quantitative estimate of drug-likeness (QED) is 0.597. The molecule has 3 rings (SSSR count). The standard InChI is InChI=1S/C22H31N5O3/c1-24-21(29)9-12-27(22(24)30)18-20(28)23-10-5-6-11-25-13-15-26(16-14-25)17-19-7-3-2-4-8-19/h2-4,7-9,12H,5-6,10-11,13-18H2,1H3,(H,23,28). The SMILES string of the molecule is Cn1c(=O)ccn(CC(=O)NCCCCN2CCN(Cc3ccccc3)CC2)c1=O. The molecule has 1 aromatic heterocycles. The van der Waals surface area contributed by atoms with E-state index in [0.29, 0.717) is 6.54 Å². The van der Waals surface area contributed by atoms with Gasteiger partial charge in [0.1, 0.15) is 6.54 Å². The van der Waals surface area contributed by atoms with Crippen molar-refractivity contribution in [1.29, 1.82) is 0 Å². The van der Waals surface area contributed by atoms with Gasteiger partial charge in [0.05, 0.1) is 0 Å². The molecule has 0 aliphatic carbocycles. The van der Waals surface area contributed by atoms with Crippen LogP contribution < -0.4 is 16.6 Å². The van der Waals surface area contributed by atoms with E-state index in [1.165, 1.54) is 29.4 Å². The third kappa shape index (κ3) is 6.40. The number of amides is 1. The zero-order chi connectivity index (χ0) is 21.3. The molecule has 0 unspecified atom stereocenters. The first kappa shape index (κ1) is 22.0. The summed E-state index contributed by atoms with van der Waals surface area (Å²) in [6.07, 6.45) is 3.29. The van der Waals surface area contributed by atoms with Crippen LogP contribution in [0.4, 0.5) is 0 Å². The first-order valence-electron chi connectivity index (χ1n) is 10.5. The summed E-state index contributed by atoms with van der Waals surface area (Å²) in [4.78, 5) is 40.3. The third-order valence-electron chi connectivity index (χ3n) is 5.51. The maximum Gasteiger partial charge on any atom is 0.331 e. The minimum absolute atomic E-state index is 0.0731. The van der Waals surface area contributed by atoms with E-state index in [1.54, 1.807) is 0 Å². The van der Waals surface area contributed by atoms with Gasteiger partial charge in [-0.1, -0.05) is 30.3 Å². The van der Waals surface area contributed by atoms with Crippen LogP contribution >= 0.6 is 0 Å². The molecular weight excluding hydrogens is 382 g/mol. The number of hydrogen-bond donors (Lipinski definition) is 1. The molecule has 1 aliphatic heterocycles. The number of piperazine rings is 1. The Balaban J connectivity index is 1.28. The van der Waals surface area contributed by atoms with Gasteiger partial charge >= 0.3 is 5.69 Å². The summed E-state index contributed by atoms with van der Waals surface area (Å²) in [5.74, 6) is -0.217. The molecule has 1 aliphatic rings. The molecule has 2 aromatic rings. The van der Waals surface area contributed by atoms with Gasteiger partial charge in [0.25, 0.3) is 5.56 Å². The normalized spacial score (nSPS) is 15.2. The van der Waals surface area contributed by atoms with Crippen LogP contribution in [0, 0.1) is 0 Å². The summed E-state index contributed by atoms with van der Waals surface area (Å²) < 4.78 is 2.23. The minimum atomic E-state index is -0.482. The van der Waals surface area contributed by atoms with Gasteiger partial charge < -0.3 is 10.2 Å². The van der Waals surface area contributed by atoms with E-state index in [4.69, 9.17) is 0 Å². The molecule has 0 radical (unpaired) electrons. The predicted molar refractivity (Wildman–Crippen MR) is 116 cm³/mol. The molecule has 162 valence electrons. The zero-order valence-corrected chi connectivity index (χ0v) is 17.6. The van der Waals surface area contributed by atoms with Crippen molar-refractivity contribution in [2.45, 2.75) is 25.9 Å². The molecule has 8 nitrogen and oxygen atoms in total. The van der Waals surface area contributed by atoms with Crippen molar-refractivity contribution in [1.82, 2.24) is 24.3 Å². The molecule has 1 fully saturated rings. The second-order valence-electron chi connectivity index (χ2n) is 7.78. The lowest BCUT2D eigenvalue weighted by Crippen LogP contribution is -2.46. The molecule has 8 heteroatoms. The van der Waals surface area contributed by atoms with E-state index < -0.39 is 5.69 Å². The molecule has 1 N–H and O–H groups in total. The van der Waals surface area contributed by atoms with E-state index in [1.807, 2.05) is 0 Å². The van der Waals surface area contributed by atoms with Crippen molar-refractivity contribution in [3.05, 3.63) is 69.0 Å². The Morgan fingerprint density at radius 2 is 1.67 bits per heavy atom. The summed E-state index contributed by atoms with van der Waals surface area (Å²) in [6.45, 7) is 6.89. The Hall–Kier alpha value is -2.71. The van der Waals surface area contributed by atoms with Crippen LogP contribution in [-0.4, -0.2) is 64.1 Å². The van der Waals surface area contributed by atoms with Crippen LogP contribution in [-0.2, 0) is 24.9 Å². The monoisotopic (exact) mass is 413 g/mol. The fourth-order valence-corrected chi connectivity index (χ4v) is 3.65. The zero-order valence-electron chi connectivity index (χ0n) is 17.6. The van der Waals surface area contributed by atoms with E-state index in [2.05, 4.69) is 45.4 Å². The van der Waals surface area contributed by atoms with Crippen LogP contribution in [0.2, 0.25) is 0 Å². The summed E-state index contributed by atoms with van der Waals surface area (Å²) in [5, 5.41) is 2.85. The number of hydrogen-bond acceptors (Lipinski definition) is 5. The second-order valence-corrected chi connectivity index (χ2v) is 7.78. The average Bonchev–Trinajstić information content (AvgIpc) is 2.76. The molecule has 0 saturated carbocycles. The van der Waals surface area contributed by atoms with Crippen molar-refractivity contribution in [2.24, 2.45) is 7.05 Å². The molecule has 1 saturated heterocycles. The van der Waals surface area contributed by atoms with Crippen LogP contribution in [0.25, 0.3) is 0 Å². The fourth-order valence-electron chi connectivity index (χ4n) is 3.65. The Kier molecular flexibility index (Phi) is 7.98. The molecule has 1 aromatic carbocycles. The Morgan fingerprint density at radius 3 is 2.40 bits per heavy atom. The van der Waals surface area contributed by atoms with Gasteiger partial charge in [-0.05, 0) is 24.9 Å².